The molecule has 1 spiro atoms. The Kier molecular flexibility index (Phi) is 4.09. The van der Waals surface area contributed by atoms with Crippen molar-refractivity contribution >= 4 is 23.3 Å². The number of amides is 3. The first-order valence-electron chi connectivity index (χ1n) is 9.42. The van der Waals surface area contributed by atoms with Gasteiger partial charge in [0.05, 0.1) is 10.3 Å². The van der Waals surface area contributed by atoms with Crippen LogP contribution in [0.4, 0.5) is 16.2 Å². The number of nitro groups is 1. The highest BCUT2D eigenvalue weighted by molar-refractivity contribution is 6.01. The number of urea groups is 1. The molecule has 3 aliphatic rings. The second-order valence-electron chi connectivity index (χ2n) is 7.96. The van der Waals surface area contributed by atoms with E-state index in [0.717, 1.165) is 43.5 Å². The molecule has 0 saturated carbocycles. The largest absolute Gasteiger partial charge is 0.367 e. The Morgan fingerprint density at radius 3 is 2.70 bits per heavy atom. The minimum Gasteiger partial charge on any atom is -0.367 e. The van der Waals surface area contributed by atoms with Gasteiger partial charge in [-0.1, -0.05) is 12.8 Å². The summed E-state index contributed by atoms with van der Waals surface area (Å²) in [4.78, 5) is 41.6. The minimum absolute atomic E-state index is 0.000504. The summed E-state index contributed by atoms with van der Waals surface area (Å²) >= 11 is 0. The summed E-state index contributed by atoms with van der Waals surface area (Å²) in [6, 6.07) is 4.67. The lowest BCUT2D eigenvalue weighted by molar-refractivity contribution is -0.384. The molecule has 144 valence electrons. The van der Waals surface area contributed by atoms with Crippen LogP contribution in [0.3, 0.4) is 0 Å². The van der Waals surface area contributed by atoms with E-state index < -0.39 is 10.3 Å². The Labute approximate surface area is 157 Å². The van der Waals surface area contributed by atoms with Crippen LogP contribution in [0.25, 0.3) is 0 Å². The normalized spacial score (nSPS) is 28.1. The van der Waals surface area contributed by atoms with Crippen molar-refractivity contribution in [2.45, 2.75) is 38.1 Å². The van der Waals surface area contributed by atoms with Gasteiger partial charge >= 0.3 is 6.03 Å². The Balaban J connectivity index is 1.87. The number of nitro benzene ring substituents is 1. The van der Waals surface area contributed by atoms with Gasteiger partial charge < -0.3 is 9.80 Å². The second kappa shape index (κ2) is 6.21. The molecule has 3 amide bonds. The quantitative estimate of drug-likeness (QED) is 0.558. The van der Waals surface area contributed by atoms with E-state index in [1.54, 1.807) is 24.1 Å². The van der Waals surface area contributed by atoms with Gasteiger partial charge in [-0.15, -0.1) is 0 Å². The van der Waals surface area contributed by atoms with E-state index in [-0.39, 0.29) is 23.7 Å². The molecule has 0 radical (unpaired) electrons. The van der Waals surface area contributed by atoms with Gasteiger partial charge in [0, 0.05) is 51.0 Å². The molecule has 4 rings (SSSR count). The maximum atomic E-state index is 13.4. The highest BCUT2D eigenvalue weighted by Crippen LogP contribution is 2.48. The Bertz CT molecular complexity index is 826. The molecule has 8 heteroatoms. The minimum atomic E-state index is -0.760. The molecule has 2 fully saturated rings. The fourth-order valence-corrected chi connectivity index (χ4v) is 5.15. The lowest BCUT2D eigenvalue weighted by Gasteiger charge is -2.54. The zero-order chi connectivity index (χ0) is 19.3. The average molecular weight is 372 g/mol. The SMILES string of the molecule is CN1C[C@]2(Cc3cc([N+](=O)[O-])ccc3N3CCCCC[C@H]32)C(=O)N(C)C1=O. The summed E-state index contributed by atoms with van der Waals surface area (Å²) in [5, 5.41) is 11.3. The maximum Gasteiger partial charge on any atom is 0.326 e. The third-order valence-corrected chi connectivity index (χ3v) is 6.34. The molecule has 0 aliphatic carbocycles. The van der Waals surface area contributed by atoms with Crippen LogP contribution in [0.5, 0.6) is 0 Å². The molecular weight excluding hydrogens is 348 g/mol. The van der Waals surface area contributed by atoms with E-state index in [4.69, 9.17) is 0 Å². The lowest BCUT2D eigenvalue weighted by atomic mass is 9.67. The van der Waals surface area contributed by atoms with E-state index in [2.05, 4.69) is 4.90 Å². The molecule has 0 bridgehead atoms. The van der Waals surface area contributed by atoms with Crippen LogP contribution < -0.4 is 4.90 Å². The van der Waals surface area contributed by atoms with Gasteiger partial charge in [0.25, 0.3) is 5.69 Å². The fraction of sp³-hybridized carbons (Fsp3) is 0.579. The third kappa shape index (κ3) is 2.57. The third-order valence-electron chi connectivity index (χ3n) is 6.34. The van der Waals surface area contributed by atoms with Crippen LogP contribution in [0.1, 0.15) is 31.2 Å². The number of anilines is 1. The van der Waals surface area contributed by atoms with Crippen LogP contribution >= 0.6 is 0 Å². The number of imide groups is 1. The van der Waals surface area contributed by atoms with E-state index >= 15 is 0 Å². The molecule has 0 N–H and O–H groups in total. The van der Waals surface area contributed by atoms with Crippen molar-refractivity contribution in [3.05, 3.63) is 33.9 Å². The average Bonchev–Trinajstić information content (AvgIpc) is 2.91. The predicted molar refractivity (Wildman–Crippen MR) is 99.6 cm³/mol. The lowest BCUT2D eigenvalue weighted by Crippen LogP contribution is -2.68. The number of carbonyl (C=O) groups excluding carboxylic acids is 2. The Morgan fingerprint density at radius 1 is 1.19 bits per heavy atom. The molecule has 2 atom stereocenters. The molecule has 2 saturated heterocycles. The van der Waals surface area contributed by atoms with Gasteiger partial charge in [-0.2, -0.15) is 0 Å². The second-order valence-corrected chi connectivity index (χ2v) is 7.96. The fourth-order valence-electron chi connectivity index (χ4n) is 5.15. The van der Waals surface area contributed by atoms with Crippen molar-refractivity contribution in [2.24, 2.45) is 5.41 Å². The number of nitrogens with zero attached hydrogens (tertiary/aromatic N) is 4. The van der Waals surface area contributed by atoms with Crippen LogP contribution in [0.15, 0.2) is 18.2 Å². The van der Waals surface area contributed by atoms with E-state index in [0.29, 0.717) is 13.0 Å². The zero-order valence-corrected chi connectivity index (χ0v) is 15.7. The van der Waals surface area contributed by atoms with Crippen molar-refractivity contribution in [3.63, 3.8) is 0 Å². The van der Waals surface area contributed by atoms with E-state index in [1.165, 1.54) is 11.9 Å². The number of carbonyl (C=O) groups is 2. The van der Waals surface area contributed by atoms with Gasteiger partial charge in [0.2, 0.25) is 5.91 Å². The number of hydrogen-bond acceptors (Lipinski definition) is 5. The molecule has 3 aliphatic heterocycles. The number of non-ortho nitro benzene ring substituents is 1. The van der Waals surface area contributed by atoms with Crippen LogP contribution in [-0.4, -0.2) is 59.9 Å². The van der Waals surface area contributed by atoms with Gasteiger partial charge in [-0.25, -0.2) is 4.79 Å². The first-order valence-corrected chi connectivity index (χ1v) is 9.42. The van der Waals surface area contributed by atoms with E-state index in [9.17, 15) is 19.7 Å². The van der Waals surface area contributed by atoms with Gasteiger partial charge in [-0.05, 0) is 30.9 Å². The summed E-state index contributed by atoms with van der Waals surface area (Å²) < 4.78 is 0. The summed E-state index contributed by atoms with van der Waals surface area (Å²) in [6.07, 6.45) is 4.48. The molecule has 3 heterocycles. The number of hydrogen-bond donors (Lipinski definition) is 0. The van der Waals surface area contributed by atoms with Gasteiger partial charge in [0.1, 0.15) is 0 Å². The van der Waals surface area contributed by atoms with Crippen LogP contribution in [-0.2, 0) is 11.2 Å². The summed E-state index contributed by atoms with van der Waals surface area (Å²) in [5.41, 5.74) is 1.10. The summed E-state index contributed by atoms with van der Waals surface area (Å²) in [7, 11) is 3.25. The highest BCUT2D eigenvalue weighted by Gasteiger charge is 2.57. The molecule has 0 unspecified atom stereocenters. The van der Waals surface area contributed by atoms with Gasteiger partial charge in [0.15, 0.2) is 0 Å². The van der Waals surface area contributed by atoms with Crippen LogP contribution in [0, 0.1) is 15.5 Å². The number of rotatable bonds is 1. The first kappa shape index (κ1) is 17.8. The number of fused-ring (bicyclic) bond motifs is 4. The Hall–Kier alpha value is -2.64. The molecule has 27 heavy (non-hydrogen) atoms. The predicted octanol–water partition coefficient (Wildman–Crippen LogP) is 2.41. The molecule has 0 aromatic heterocycles. The molecule has 1 aromatic rings. The van der Waals surface area contributed by atoms with Gasteiger partial charge in [-0.3, -0.25) is 19.8 Å². The standard InChI is InChI=1S/C19H24N4O4/c1-20-12-19(17(24)21(2)18(20)25)11-13-10-14(23(26)27)7-8-15(13)22-9-5-3-4-6-16(19)22/h7-8,10,16H,3-6,9,11-12H2,1-2H3/t16-,19-/m0/s1. The summed E-state index contributed by atoms with van der Waals surface area (Å²) in [5.74, 6) is -0.167. The summed E-state index contributed by atoms with van der Waals surface area (Å²) in [6.45, 7) is 1.17. The first-order chi connectivity index (χ1) is 12.8. The van der Waals surface area contributed by atoms with E-state index in [1.807, 2.05) is 6.07 Å². The zero-order valence-electron chi connectivity index (χ0n) is 15.7. The smallest absolute Gasteiger partial charge is 0.326 e. The van der Waals surface area contributed by atoms with Crippen LogP contribution in [0.2, 0.25) is 0 Å². The van der Waals surface area contributed by atoms with Crippen molar-refractivity contribution in [1.29, 1.82) is 0 Å². The Morgan fingerprint density at radius 2 is 1.96 bits per heavy atom. The van der Waals surface area contributed by atoms with Crippen molar-refractivity contribution in [3.8, 4) is 0 Å². The molecule has 1 aromatic carbocycles. The number of benzene rings is 1. The topological polar surface area (TPSA) is 87.0 Å². The maximum absolute atomic E-state index is 13.4. The highest BCUT2D eigenvalue weighted by atomic mass is 16.6. The van der Waals surface area contributed by atoms with Crippen molar-refractivity contribution in [1.82, 2.24) is 9.80 Å². The molecule has 8 nitrogen and oxygen atoms in total. The van der Waals surface area contributed by atoms with Crippen molar-refractivity contribution < 1.29 is 14.5 Å². The van der Waals surface area contributed by atoms with Crippen molar-refractivity contribution in [2.75, 3.05) is 32.1 Å². The molecular formula is C19H24N4O4. The monoisotopic (exact) mass is 372 g/mol.